The molecule has 3 aromatic rings. The Bertz CT molecular complexity index is 1120. The Morgan fingerprint density at radius 1 is 1.03 bits per heavy atom. The number of thiazole rings is 1. The van der Waals surface area contributed by atoms with Crippen LogP contribution in [-0.4, -0.2) is 31.0 Å². The predicted molar refractivity (Wildman–Crippen MR) is 120 cm³/mol. The number of rotatable bonds is 6. The molecule has 1 aromatic heterocycles. The number of aromatic nitrogens is 1. The smallest absolute Gasteiger partial charge is 0.257 e. The van der Waals surface area contributed by atoms with Crippen molar-refractivity contribution in [3.63, 3.8) is 0 Å². The number of nitrogens with one attached hydrogen (secondary N) is 2. The molecule has 4 rings (SSSR count). The summed E-state index contributed by atoms with van der Waals surface area (Å²) in [4.78, 5) is 31.0. The minimum atomic E-state index is -0.357. The molecule has 1 unspecified atom stereocenters. The topological polar surface area (TPSA) is 89.6 Å². The fourth-order valence-corrected chi connectivity index (χ4v) is 4.59. The van der Waals surface area contributed by atoms with Crippen molar-refractivity contribution >= 4 is 34.0 Å². The van der Waals surface area contributed by atoms with Gasteiger partial charge in [0.25, 0.3) is 5.91 Å². The average molecular weight is 438 g/mol. The van der Waals surface area contributed by atoms with Gasteiger partial charge in [-0.1, -0.05) is 17.7 Å². The van der Waals surface area contributed by atoms with E-state index in [0.717, 1.165) is 22.6 Å². The Labute approximate surface area is 184 Å². The van der Waals surface area contributed by atoms with E-state index in [0.29, 0.717) is 34.3 Å². The van der Waals surface area contributed by atoms with Gasteiger partial charge in [0.05, 0.1) is 25.8 Å². The molecule has 0 spiro atoms. The molecule has 7 nitrogen and oxygen atoms in total. The molecule has 1 aliphatic carbocycles. The Morgan fingerprint density at radius 2 is 1.77 bits per heavy atom. The summed E-state index contributed by atoms with van der Waals surface area (Å²) < 4.78 is 10.5. The summed E-state index contributed by atoms with van der Waals surface area (Å²) >= 11 is 1.43. The number of fused-ring (bicyclic) bond motifs is 1. The molecule has 8 heteroatoms. The van der Waals surface area contributed by atoms with Gasteiger partial charge in [-0.25, -0.2) is 4.98 Å². The second-order valence-electron chi connectivity index (χ2n) is 7.30. The van der Waals surface area contributed by atoms with Crippen molar-refractivity contribution < 1.29 is 19.1 Å². The number of amides is 2. The summed E-state index contributed by atoms with van der Waals surface area (Å²) in [5.74, 6) is 0.440. The standard InChI is InChI=1S/C23H23N3O4S/c1-13-4-6-14(7-5-13)21(27)26-23-25-20-16(9-11-19(20)31-23)22(28)24-15-8-10-17(29-2)18(12-15)30-3/h4-8,10,12,16H,9,11H2,1-3H3,(H,24,28)(H,25,26,27). The van der Waals surface area contributed by atoms with Crippen molar-refractivity contribution in [2.75, 3.05) is 24.9 Å². The fraction of sp³-hybridized carbons (Fsp3) is 0.261. The molecule has 0 fully saturated rings. The van der Waals surface area contributed by atoms with E-state index in [4.69, 9.17) is 9.47 Å². The summed E-state index contributed by atoms with van der Waals surface area (Å²) in [7, 11) is 3.11. The number of benzene rings is 2. The maximum absolute atomic E-state index is 12.9. The third-order valence-electron chi connectivity index (χ3n) is 5.22. The molecule has 2 aromatic carbocycles. The quantitative estimate of drug-likeness (QED) is 0.597. The lowest BCUT2D eigenvalue weighted by Gasteiger charge is -2.13. The van der Waals surface area contributed by atoms with Crippen LogP contribution in [0.5, 0.6) is 11.5 Å². The molecule has 160 valence electrons. The summed E-state index contributed by atoms with van der Waals surface area (Å²) in [5.41, 5.74) is 3.03. The van der Waals surface area contributed by atoms with Crippen LogP contribution in [0.15, 0.2) is 42.5 Å². The highest BCUT2D eigenvalue weighted by molar-refractivity contribution is 7.16. The zero-order valence-electron chi connectivity index (χ0n) is 17.5. The first-order valence-electron chi connectivity index (χ1n) is 9.89. The van der Waals surface area contributed by atoms with Gasteiger partial charge in [0, 0.05) is 22.2 Å². The normalized spacial score (nSPS) is 14.6. The molecular weight excluding hydrogens is 414 g/mol. The largest absolute Gasteiger partial charge is 0.493 e. The first-order chi connectivity index (χ1) is 15.0. The molecule has 0 bridgehead atoms. The lowest BCUT2D eigenvalue weighted by molar-refractivity contribution is -0.117. The zero-order valence-corrected chi connectivity index (χ0v) is 18.3. The maximum atomic E-state index is 12.9. The van der Waals surface area contributed by atoms with E-state index in [2.05, 4.69) is 15.6 Å². The van der Waals surface area contributed by atoms with Gasteiger partial charge in [0.15, 0.2) is 16.6 Å². The van der Waals surface area contributed by atoms with Gasteiger partial charge in [0.2, 0.25) is 5.91 Å². The van der Waals surface area contributed by atoms with E-state index >= 15 is 0 Å². The van der Waals surface area contributed by atoms with Crippen LogP contribution in [-0.2, 0) is 11.2 Å². The van der Waals surface area contributed by atoms with Crippen LogP contribution in [0.4, 0.5) is 10.8 Å². The number of ether oxygens (including phenoxy) is 2. The third-order valence-corrected chi connectivity index (χ3v) is 6.27. The highest BCUT2D eigenvalue weighted by Gasteiger charge is 2.33. The number of hydrogen-bond acceptors (Lipinski definition) is 6. The number of carbonyl (C=O) groups is 2. The van der Waals surface area contributed by atoms with Crippen LogP contribution >= 0.6 is 11.3 Å². The zero-order chi connectivity index (χ0) is 22.0. The van der Waals surface area contributed by atoms with Gasteiger partial charge in [-0.2, -0.15) is 0 Å². The van der Waals surface area contributed by atoms with Crippen LogP contribution in [0, 0.1) is 6.92 Å². The SMILES string of the molecule is COc1ccc(NC(=O)C2CCc3sc(NC(=O)c4ccc(C)cc4)nc32)cc1OC. The molecule has 1 aliphatic rings. The first-order valence-corrected chi connectivity index (χ1v) is 10.7. The highest BCUT2D eigenvalue weighted by atomic mass is 32.1. The monoisotopic (exact) mass is 437 g/mol. The minimum absolute atomic E-state index is 0.132. The van der Waals surface area contributed by atoms with Crippen LogP contribution < -0.4 is 20.1 Å². The molecule has 0 saturated heterocycles. The molecule has 0 saturated carbocycles. The molecular formula is C23H23N3O4S. The molecule has 0 radical (unpaired) electrons. The lowest BCUT2D eigenvalue weighted by atomic mass is 10.1. The van der Waals surface area contributed by atoms with Gasteiger partial charge in [-0.05, 0) is 44.0 Å². The van der Waals surface area contributed by atoms with E-state index in [1.54, 1.807) is 44.6 Å². The van der Waals surface area contributed by atoms with Crippen molar-refractivity contribution in [3.05, 3.63) is 64.2 Å². The number of aryl methyl sites for hydroxylation is 2. The van der Waals surface area contributed by atoms with Crippen LogP contribution in [0.3, 0.4) is 0 Å². The van der Waals surface area contributed by atoms with Crippen molar-refractivity contribution in [2.24, 2.45) is 0 Å². The summed E-state index contributed by atoms with van der Waals surface area (Å²) in [5, 5.41) is 6.30. The number of anilines is 2. The first kappa shape index (κ1) is 20.9. The van der Waals surface area contributed by atoms with Crippen LogP contribution in [0.25, 0.3) is 0 Å². The minimum Gasteiger partial charge on any atom is -0.493 e. The van der Waals surface area contributed by atoms with Gasteiger partial charge < -0.3 is 14.8 Å². The predicted octanol–water partition coefficient (Wildman–Crippen LogP) is 4.39. The van der Waals surface area contributed by atoms with Crippen LogP contribution in [0.1, 0.15) is 38.8 Å². The second-order valence-corrected chi connectivity index (χ2v) is 8.38. The van der Waals surface area contributed by atoms with Gasteiger partial charge in [-0.15, -0.1) is 11.3 Å². The van der Waals surface area contributed by atoms with Gasteiger partial charge in [-0.3, -0.25) is 14.9 Å². The lowest BCUT2D eigenvalue weighted by Crippen LogP contribution is -2.20. The maximum Gasteiger partial charge on any atom is 0.257 e. The van der Waals surface area contributed by atoms with E-state index in [1.807, 2.05) is 19.1 Å². The van der Waals surface area contributed by atoms with E-state index in [1.165, 1.54) is 11.3 Å². The van der Waals surface area contributed by atoms with Crippen molar-refractivity contribution in [1.29, 1.82) is 0 Å². The Kier molecular flexibility index (Phi) is 5.90. The van der Waals surface area contributed by atoms with Crippen molar-refractivity contribution in [3.8, 4) is 11.5 Å². The fourth-order valence-electron chi connectivity index (χ4n) is 3.55. The molecule has 2 N–H and O–H groups in total. The molecule has 1 heterocycles. The Morgan fingerprint density at radius 3 is 2.48 bits per heavy atom. The van der Waals surface area contributed by atoms with Gasteiger partial charge in [0.1, 0.15) is 0 Å². The van der Waals surface area contributed by atoms with Crippen molar-refractivity contribution in [2.45, 2.75) is 25.7 Å². The van der Waals surface area contributed by atoms with E-state index < -0.39 is 0 Å². The number of carbonyl (C=O) groups excluding carboxylic acids is 2. The second kappa shape index (κ2) is 8.77. The molecule has 1 atom stereocenters. The number of nitrogens with zero attached hydrogens (tertiary/aromatic N) is 1. The van der Waals surface area contributed by atoms with Crippen molar-refractivity contribution in [1.82, 2.24) is 4.98 Å². The Hall–Kier alpha value is -3.39. The number of methoxy groups -OCH3 is 2. The molecule has 2 amide bonds. The Balaban J connectivity index is 1.46. The van der Waals surface area contributed by atoms with Gasteiger partial charge >= 0.3 is 0 Å². The van der Waals surface area contributed by atoms with Crippen LogP contribution in [0.2, 0.25) is 0 Å². The summed E-state index contributed by atoms with van der Waals surface area (Å²) in [6.07, 6.45) is 1.46. The summed E-state index contributed by atoms with van der Waals surface area (Å²) in [6, 6.07) is 12.6. The molecule has 0 aliphatic heterocycles. The highest BCUT2D eigenvalue weighted by Crippen LogP contribution is 2.39. The third kappa shape index (κ3) is 4.39. The number of hydrogen-bond donors (Lipinski definition) is 2. The molecule has 31 heavy (non-hydrogen) atoms. The van der Waals surface area contributed by atoms with E-state index in [-0.39, 0.29) is 17.7 Å². The summed E-state index contributed by atoms with van der Waals surface area (Å²) in [6.45, 7) is 1.97. The van der Waals surface area contributed by atoms with E-state index in [9.17, 15) is 9.59 Å². The average Bonchev–Trinajstić information content (AvgIpc) is 3.34.